The van der Waals surface area contributed by atoms with Crippen LogP contribution in [0.5, 0.6) is 0 Å². The molecular formula is C10H14N6O4. The Labute approximate surface area is 113 Å². The van der Waals surface area contributed by atoms with Crippen LogP contribution in [0.15, 0.2) is 18.2 Å². The van der Waals surface area contributed by atoms with Crippen LogP contribution >= 0.6 is 0 Å². The second-order valence-electron chi connectivity index (χ2n) is 3.93. The van der Waals surface area contributed by atoms with Gasteiger partial charge in [0.25, 0.3) is 5.69 Å². The molecule has 10 nitrogen and oxygen atoms in total. The van der Waals surface area contributed by atoms with Gasteiger partial charge in [-0.05, 0) is 6.07 Å². The average Bonchev–Trinajstić information content (AvgIpc) is 2.36. The summed E-state index contributed by atoms with van der Waals surface area (Å²) < 4.78 is 0. The lowest BCUT2D eigenvalue weighted by atomic mass is 10.2. The van der Waals surface area contributed by atoms with Gasteiger partial charge in [-0.15, -0.1) is 0 Å². The van der Waals surface area contributed by atoms with Crippen LogP contribution in [0.4, 0.5) is 17.1 Å². The standard InChI is InChI=1S/C10H14N6O4/c11-9(17)4-15(5-10(12)18)7-1-6(14-13)2-8(3-7)16(19)20/h1-3,14H,4-5,13H2,(H2,11,17)(H2,12,18). The van der Waals surface area contributed by atoms with Gasteiger partial charge in [0.1, 0.15) is 0 Å². The molecule has 0 aliphatic rings. The summed E-state index contributed by atoms with van der Waals surface area (Å²) in [7, 11) is 0. The van der Waals surface area contributed by atoms with Gasteiger partial charge in [-0.1, -0.05) is 0 Å². The fourth-order valence-electron chi connectivity index (χ4n) is 1.58. The normalized spacial score (nSPS) is 9.85. The zero-order valence-corrected chi connectivity index (χ0v) is 10.4. The molecule has 108 valence electrons. The van der Waals surface area contributed by atoms with Crippen LogP contribution in [0, 0.1) is 10.1 Å². The third-order valence-corrected chi connectivity index (χ3v) is 2.34. The number of hydrazine groups is 1. The SMILES string of the molecule is NNc1cc(N(CC(N)=O)CC(N)=O)cc([N+](=O)[O-])c1. The number of rotatable bonds is 7. The van der Waals surface area contributed by atoms with E-state index in [1.807, 2.05) is 0 Å². The lowest BCUT2D eigenvalue weighted by molar-refractivity contribution is -0.384. The zero-order valence-electron chi connectivity index (χ0n) is 10.4. The minimum atomic E-state index is -0.708. The number of nitrogens with two attached hydrogens (primary N) is 3. The van der Waals surface area contributed by atoms with Gasteiger partial charge < -0.3 is 21.8 Å². The minimum Gasteiger partial charge on any atom is -0.368 e. The van der Waals surface area contributed by atoms with E-state index in [9.17, 15) is 19.7 Å². The smallest absolute Gasteiger partial charge is 0.273 e. The number of nitrogens with one attached hydrogen (secondary N) is 1. The Morgan fingerprint density at radius 1 is 1.20 bits per heavy atom. The molecule has 0 spiro atoms. The third-order valence-electron chi connectivity index (χ3n) is 2.34. The number of primary amides is 2. The maximum Gasteiger partial charge on any atom is 0.273 e. The Kier molecular flexibility index (Phi) is 4.81. The van der Waals surface area contributed by atoms with Crippen LogP contribution in [-0.4, -0.2) is 29.8 Å². The van der Waals surface area contributed by atoms with Crippen molar-refractivity contribution < 1.29 is 14.5 Å². The monoisotopic (exact) mass is 282 g/mol. The number of non-ortho nitro benzene ring substituents is 1. The first-order chi connectivity index (χ1) is 9.33. The number of nitrogen functional groups attached to an aromatic ring is 1. The minimum absolute atomic E-state index is 0.227. The van der Waals surface area contributed by atoms with Crippen molar-refractivity contribution in [3.63, 3.8) is 0 Å². The molecule has 0 bridgehead atoms. The van der Waals surface area contributed by atoms with Crippen LogP contribution in [-0.2, 0) is 9.59 Å². The highest BCUT2D eigenvalue weighted by Gasteiger charge is 2.17. The van der Waals surface area contributed by atoms with Gasteiger partial charge in [-0.3, -0.25) is 25.5 Å². The second-order valence-corrected chi connectivity index (χ2v) is 3.93. The highest BCUT2D eigenvalue weighted by atomic mass is 16.6. The molecule has 0 heterocycles. The van der Waals surface area contributed by atoms with E-state index in [1.165, 1.54) is 23.1 Å². The average molecular weight is 282 g/mol. The lowest BCUT2D eigenvalue weighted by Crippen LogP contribution is -2.39. The summed E-state index contributed by atoms with van der Waals surface area (Å²) in [5, 5.41) is 10.8. The molecule has 0 radical (unpaired) electrons. The van der Waals surface area contributed by atoms with Crippen molar-refractivity contribution >= 4 is 28.9 Å². The maximum atomic E-state index is 11.0. The lowest BCUT2D eigenvalue weighted by Gasteiger charge is -2.22. The molecule has 0 fully saturated rings. The topological polar surface area (TPSA) is 171 Å². The summed E-state index contributed by atoms with van der Waals surface area (Å²) in [6.07, 6.45) is 0. The van der Waals surface area contributed by atoms with Gasteiger partial charge in [-0.25, -0.2) is 0 Å². The predicted octanol–water partition coefficient (Wildman–Crippen LogP) is -1.34. The zero-order chi connectivity index (χ0) is 15.3. The Morgan fingerprint density at radius 2 is 1.75 bits per heavy atom. The molecule has 1 aromatic carbocycles. The van der Waals surface area contributed by atoms with Gasteiger partial charge in [0.05, 0.1) is 23.7 Å². The van der Waals surface area contributed by atoms with Crippen LogP contribution in [0.3, 0.4) is 0 Å². The van der Waals surface area contributed by atoms with Crippen molar-refractivity contribution in [2.45, 2.75) is 0 Å². The van der Waals surface area contributed by atoms with Crippen molar-refractivity contribution in [1.82, 2.24) is 0 Å². The number of carbonyl (C=O) groups is 2. The first-order valence-corrected chi connectivity index (χ1v) is 5.41. The van der Waals surface area contributed by atoms with Gasteiger partial charge >= 0.3 is 0 Å². The molecule has 0 saturated heterocycles. The van der Waals surface area contributed by atoms with Crippen molar-refractivity contribution in [2.24, 2.45) is 17.3 Å². The van der Waals surface area contributed by atoms with Gasteiger partial charge in [0.15, 0.2) is 0 Å². The van der Waals surface area contributed by atoms with Crippen molar-refractivity contribution in [1.29, 1.82) is 0 Å². The summed E-state index contributed by atoms with van der Waals surface area (Å²) in [6.45, 7) is -0.623. The number of amides is 2. The molecule has 20 heavy (non-hydrogen) atoms. The molecular weight excluding hydrogens is 268 g/mol. The molecule has 0 atom stereocenters. The van der Waals surface area contributed by atoms with E-state index in [0.29, 0.717) is 0 Å². The number of nitro benzene ring substituents is 1. The summed E-state index contributed by atoms with van der Waals surface area (Å²) in [4.78, 5) is 33.4. The van der Waals surface area contributed by atoms with Crippen LogP contribution in [0.1, 0.15) is 0 Å². The van der Waals surface area contributed by atoms with Crippen LogP contribution < -0.4 is 27.6 Å². The van der Waals surface area contributed by atoms with Crippen molar-refractivity contribution in [3.8, 4) is 0 Å². The molecule has 0 aliphatic heterocycles. The number of benzene rings is 1. The second kappa shape index (κ2) is 6.33. The third kappa shape index (κ3) is 4.10. The molecule has 0 aromatic heterocycles. The predicted molar refractivity (Wildman–Crippen MR) is 71.5 cm³/mol. The van der Waals surface area contributed by atoms with Crippen LogP contribution in [0.2, 0.25) is 0 Å². The Bertz CT molecular complexity index is 531. The summed E-state index contributed by atoms with van der Waals surface area (Å²) in [6, 6.07) is 3.82. The molecule has 10 heteroatoms. The maximum absolute atomic E-state index is 11.0. The highest BCUT2D eigenvalue weighted by Crippen LogP contribution is 2.26. The molecule has 7 N–H and O–H groups in total. The van der Waals surface area contributed by atoms with Gasteiger partial charge in [-0.2, -0.15) is 0 Å². The molecule has 2 amide bonds. The summed E-state index contributed by atoms with van der Waals surface area (Å²) in [5.74, 6) is 3.80. The van der Waals surface area contributed by atoms with E-state index in [4.69, 9.17) is 17.3 Å². The molecule has 0 aliphatic carbocycles. The highest BCUT2D eigenvalue weighted by molar-refractivity contribution is 5.85. The first-order valence-electron chi connectivity index (χ1n) is 5.41. The van der Waals surface area contributed by atoms with Crippen molar-refractivity contribution in [3.05, 3.63) is 28.3 Å². The van der Waals surface area contributed by atoms with E-state index in [-0.39, 0.29) is 30.2 Å². The quantitative estimate of drug-likeness (QED) is 0.272. The molecule has 0 unspecified atom stereocenters. The number of nitro groups is 1. The number of hydrogen-bond donors (Lipinski definition) is 4. The first kappa shape index (κ1) is 15.2. The fourth-order valence-corrected chi connectivity index (χ4v) is 1.58. The van der Waals surface area contributed by atoms with E-state index in [1.54, 1.807) is 0 Å². The van der Waals surface area contributed by atoms with Gasteiger partial charge in [0.2, 0.25) is 11.8 Å². The number of nitrogens with zero attached hydrogens (tertiary/aromatic N) is 2. The Morgan fingerprint density at radius 3 is 2.15 bits per heavy atom. The van der Waals surface area contributed by atoms with E-state index < -0.39 is 16.7 Å². The van der Waals surface area contributed by atoms with E-state index >= 15 is 0 Å². The summed E-state index contributed by atoms with van der Waals surface area (Å²) >= 11 is 0. The van der Waals surface area contributed by atoms with Gasteiger partial charge in [0, 0.05) is 17.8 Å². The number of anilines is 2. The molecule has 1 aromatic rings. The van der Waals surface area contributed by atoms with E-state index in [0.717, 1.165) is 0 Å². The number of carbonyl (C=O) groups excluding carboxylic acids is 2. The van der Waals surface area contributed by atoms with Crippen molar-refractivity contribution in [2.75, 3.05) is 23.4 Å². The molecule has 1 rings (SSSR count). The fraction of sp³-hybridized carbons (Fsp3) is 0.200. The largest absolute Gasteiger partial charge is 0.368 e. The Hall–Kier alpha value is -2.88. The summed E-state index contributed by atoms with van der Waals surface area (Å²) in [5.41, 5.74) is 12.6. The molecule has 0 saturated carbocycles. The van der Waals surface area contributed by atoms with Crippen LogP contribution in [0.25, 0.3) is 0 Å². The number of hydrogen-bond acceptors (Lipinski definition) is 7. The Balaban J connectivity index is 3.22. The van der Waals surface area contributed by atoms with E-state index in [2.05, 4.69) is 5.43 Å².